The lowest BCUT2D eigenvalue weighted by Gasteiger charge is -2.34. The lowest BCUT2D eigenvalue weighted by Crippen LogP contribution is -2.42. The summed E-state index contributed by atoms with van der Waals surface area (Å²) in [4.78, 5) is 11.9. The molecule has 0 spiro atoms. The van der Waals surface area contributed by atoms with Crippen molar-refractivity contribution >= 4 is 22.5 Å². The van der Waals surface area contributed by atoms with Crippen LogP contribution in [0.15, 0.2) is 42.5 Å². The summed E-state index contributed by atoms with van der Waals surface area (Å²) in [5.41, 5.74) is 10.5. The molecule has 2 aromatic heterocycles. The Morgan fingerprint density at radius 1 is 1.03 bits per heavy atom. The number of piperazine rings is 1. The molecule has 3 N–H and O–H groups in total. The van der Waals surface area contributed by atoms with Crippen LogP contribution >= 0.6 is 0 Å². The predicted molar refractivity (Wildman–Crippen MR) is 129 cm³/mol. The SMILES string of the molecule is COc1cccc2c1nc(N)n1nc([C@H]3C[C@@H](c4ccc(CN5CCNCC5)cc4)C3)nc21. The minimum Gasteiger partial charge on any atom is -0.494 e. The third kappa shape index (κ3) is 3.69. The van der Waals surface area contributed by atoms with Gasteiger partial charge in [0.15, 0.2) is 11.5 Å². The van der Waals surface area contributed by atoms with E-state index >= 15 is 0 Å². The van der Waals surface area contributed by atoms with Gasteiger partial charge in [-0.15, -0.1) is 5.10 Å². The summed E-state index contributed by atoms with van der Waals surface area (Å²) in [7, 11) is 1.64. The lowest BCUT2D eigenvalue weighted by atomic mass is 9.71. The zero-order valence-electron chi connectivity index (χ0n) is 18.9. The minimum atomic E-state index is 0.330. The number of ether oxygens (including phenoxy) is 1. The molecule has 0 atom stereocenters. The maximum absolute atomic E-state index is 6.21. The predicted octanol–water partition coefficient (Wildman–Crippen LogP) is 2.93. The average molecular weight is 444 g/mol. The third-order valence-electron chi connectivity index (χ3n) is 7.10. The number of rotatable bonds is 5. The molecule has 6 rings (SSSR count). The summed E-state index contributed by atoms with van der Waals surface area (Å²) in [5, 5.41) is 9.03. The highest BCUT2D eigenvalue weighted by Gasteiger charge is 2.34. The van der Waals surface area contributed by atoms with E-state index in [1.165, 1.54) is 11.1 Å². The molecule has 0 radical (unpaired) electrons. The van der Waals surface area contributed by atoms with Gasteiger partial charge in [-0.25, -0.2) is 9.97 Å². The topological polar surface area (TPSA) is 93.6 Å². The number of nitrogen functional groups attached to an aromatic ring is 1. The van der Waals surface area contributed by atoms with Crippen molar-refractivity contribution in [2.75, 3.05) is 39.0 Å². The third-order valence-corrected chi connectivity index (χ3v) is 7.10. The Labute approximate surface area is 192 Å². The maximum atomic E-state index is 6.21. The molecule has 1 saturated heterocycles. The molecule has 8 nitrogen and oxygen atoms in total. The maximum Gasteiger partial charge on any atom is 0.223 e. The number of nitrogens with zero attached hydrogens (tertiary/aromatic N) is 5. The van der Waals surface area contributed by atoms with Crippen molar-refractivity contribution in [3.8, 4) is 5.75 Å². The molecule has 4 aromatic rings. The van der Waals surface area contributed by atoms with Crippen molar-refractivity contribution in [3.63, 3.8) is 0 Å². The molecule has 2 fully saturated rings. The Hall–Kier alpha value is -3.23. The molecular formula is C25H29N7O. The fraction of sp³-hybridized carbons (Fsp3) is 0.400. The Morgan fingerprint density at radius 2 is 1.82 bits per heavy atom. The van der Waals surface area contributed by atoms with E-state index in [1.807, 2.05) is 18.2 Å². The number of hydrogen-bond donors (Lipinski definition) is 2. The molecule has 1 aliphatic heterocycles. The zero-order valence-corrected chi connectivity index (χ0v) is 18.9. The largest absolute Gasteiger partial charge is 0.494 e. The zero-order chi connectivity index (χ0) is 22.4. The number of methoxy groups -OCH3 is 1. The van der Waals surface area contributed by atoms with Crippen LogP contribution in [0.25, 0.3) is 16.6 Å². The number of aromatic nitrogens is 4. The second kappa shape index (κ2) is 8.28. The molecule has 1 aliphatic carbocycles. The van der Waals surface area contributed by atoms with Crippen molar-refractivity contribution in [1.82, 2.24) is 29.8 Å². The first kappa shape index (κ1) is 20.4. The Kier molecular flexibility index (Phi) is 5.11. The molecule has 0 unspecified atom stereocenters. The van der Waals surface area contributed by atoms with Crippen LogP contribution in [0, 0.1) is 0 Å². The quantitative estimate of drug-likeness (QED) is 0.490. The highest BCUT2D eigenvalue weighted by Crippen LogP contribution is 2.47. The van der Waals surface area contributed by atoms with Crippen molar-refractivity contribution in [3.05, 3.63) is 59.4 Å². The fourth-order valence-electron chi connectivity index (χ4n) is 5.10. The first-order chi connectivity index (χ1) is 16.2. The van der Waals surface area contributed by atoms with Crippen LogP contribution in [0.1, 0.15) is 41.6 Å². The van der Waals surface area contributed by atoms with E-state index in [2.05, 4.69) is 39.5 Å². The van der Waals surface area contributed by atoms with E-state index in [9.17, 15) is 0 Å². The highest BCUT2D eigenvalue weighted by atomic mass is 16.5. The van der Waals surface area contributed by atoms with Gasteiger partial charge in [-0.3, -0.25) is 4.90 Å². The summed E-state index contributed by atoms with van der Waals surface area (Å²) in [5.74, 6) is 2.77. The van der Waals surface area contributed by atoms with Crippen LogP contribution in [0.2, 0.25) is 0 Å². The molecule has 2 aromatic carbocycles. The van der Waals surface area contributed by atoms with Crippen LogP contribution in [-0.4, -0.2) is 57.8 Å². The van der Waals surface area contributed by atoms with Crippen LogP contribution < -0.4 is 15.8 Å². The van der Waals surface area contributed by atoms with Gasteiger partial charge < -0.3 is 15.8 Å². The second-order valence-corrected chi connectivity index (χ2v) is 9.16. The normalized spacial score (nSPS) is 21.4. The first-order valence-corrected chi connectivity index (χ1v) is 11.7. The van der Waals surface area contributed by atoms with Crippen LogP contribution in [-0.2, 0) is 6.54 Å². The van der Waals surface area contributed by atoms with Gasteiger partial charge in [-0.1, -0.05) is 30.3 Å². The van der Waals surface area contributed by atoms with Crippen LogP contribution in [0.4, 0.5) is 5.95 Å². The summed E-state index contributed by atoms with van der Waals surface area (Å²) in [6.45, 7) is 5.46. The van der Waals surface area contributed by atoms with Crippen LogP contribution in [0.5, 0.6) is 5.75 Å². The molecule has 33 heavy (non-hydrogen) atoms. The van der Waals surface area contributed by atoms with Crippen LogP contribution in [0.3, 0.4) is 0 Å². The van der Waals surface area contributed by atoms with Gasteiger partial charge in [0.05, 0.1) is 7.11 Å². The Bertz CT molecular complexity index is 1290. The Morgan fingerprint density at radius 3 is 2.58 bits per heavy atom. The lowest BCUT2D eigenvalue weighted by molar-refractivity contribution is 0.233. The molecular weight excluding hydrogens is 414 g/mol. The molecule has 3 heterocycles. The van der Waals surface area contributed by atoms with Gasteiger partial charge in [-0.05, 0) is 42.0 Å². The summed E-state index contributed by atoms with van der Waals surface area (Å²) in [6.07, 6.45) is 2.12. The molecule has 8 heteroatoms. The molecule has 170 valence electrons. The van der Waals surface area contributed by atoms with Crippen molar-refractivity contribution in [2.24, 2.45) is 0 Å². The van der Waals surface area contributed by atoms with Gasteiger partial charge in [0.2, 0.25) is 5.95 Å². The van der Waals surface area contributed by atoms with Crippen molar-refractivity contribution < 1.29 is 4.74 Å². The molecule has 1 saturated carbocycles. The average Bonchev–Trinajstić information content (AvgIpc) is 3.26. The number of benzene rings is 2. The highest BCUT2D eigenvalue weighted by molar-refractivity contribution is 5.95. The summed E-state index contributed by atoms with van der Waals surface area (Å²) in [6, 6.07) is 15.0. The fourth-order valence-corrected chi connectivity index (χ4v) is 5.10. The molecule has 0 bridgehead atoms. The van der Waals surface area contributed by atoms with Gasteiger partial charge in [-0.2, -0.15) is 4.52 Å². The smallest absolute Gasteiger partial charge is 0.223 e. The Balaban J connectivity index is 1.18. The van der Waals surface area contributed by atoms with Gasteiger partial charge in [0.25, 0.3) is 0 Å². The number of nitrogens with two attached hydrogens (primary N) is 1. The van der Waals surface area contributed by atoms with Gasteiger partial charge in [0.1, 0.15) is 11.3 Å². The standard InChI is InChI=1S/C25H29N7O/c1-33-21-4-2-3-20-22(21)28-25(26)32-24(20)29-23(30-32)19-13-18(14-19)17-7-5-16(6-8-17)15-31-11-9-27-10-12-31/h2-8,18-19,27H,9-15H2,1H3,(H2,26,28)/t18-,19+. The van der Waals surface area contributed by atoms with E-state index in [4.69, 9.17) is 20.6 Å². The monoisotopic (exact) mass is 443 g/mol. The number of nitrogens with one attached hydrogen (secondary N) is 1. The van der Waals surface area contributed by atoms with Gasteiger partial charge in [0, 0.05) is 44.0 Å². The van der Waals surface area contributed by atoms with Crippen molar-refractivity contribution in [2.45, 2.75) is 31.2 Å². The number of fused-ring (bicyclic) bond motifs is 3. The minimum absolute atomic E-state index is 0.330. The van der Waals surface area contributed by atoms with E-state index in [0.717, 1.165) is 67.9 Å². The molecule has 2 aliphatic rings. The second-order valence-electron chi connectivity index (χ2n) is 9.16. The number of anilines is 1. The number of para-hydroxylation sites is 1. The van der Waals surface area contributed by atoms with Gasteiger partial charge >= 0.3 is 0 Å². The summed E-state index contributed by atoms with van der Waals surface area (Å²) >= 11 is 0. The number of hydrogen-bond acceptors (Lipinski definition) is 7. The van der Waals surface area contributed by atoms with E-state index in [1.54, 1.807) is 11.6 Å². The van der Waals surface area contributed by atoms with E-state index in [0.29, 0.717) is 23.5 Å². The van der Waals surface area contributed by atoms with Crippen molar-refractivity contribution in [1.29, 1.82) is 0 Å². The first-order valence-electron chi connectivity index (χ1n) is 11.7. The summed E-state index contributed by atoms with van der Waals surface area (Å²) < 4.78 is 7.11. The molecule has 0 amide bonds. The van der Waals surface area contributed by atoms with E-state index < -0.39 is 0 Å². The van der Waals surface area contributed by atoms with E-state index in [-0.39, 0.29) is 0 Å².